The van der Waals surface area contributed by atoms with Crippen LogP contribution in [0.1, 0.15) is 18.3 Å². The molecule has 0 aliphatic heterocycles. The van der Waals surface area contributed by atoms with Crippen LogP contribution in [-0.2, 0) is 5.41 Å². The fourth-order valence-electron chi connectivity index (χ4n) is 2.38. The Morgan fingerprint density at radius 1 is 1.41 bits per heavy atom. The summed E-state index contributed by atoms with van der Waals surface area (Å²) < 4.78 is 41.2. The van der Waals surface area contributed by atoms with Crippen LogP contribution in [0.25, 0.3) is 10.4 Å². The molecule has 0 radical (unpaired) electrons. The Bertz CT molecular complexity index is 944. The highest BCUT2D eigenvalue weighted by Gasteiger charge is 2.39. The van der Waals surface area contributed by atoms with Gasteiger partial charge in [0.2, 0.25) is 0 Å². The Balaban J connectivity index is 1.90. The molecule has 3 aromatic rings. The van der Waals surface area contributed by atoms with Crippen molar-refractivity contribution in [2.24, 2.45) is 0 Å². The second kappa shape index (κ2) is 7.47. The Morgan fingerprint density at radius 2 is 2.19 bits per heavy atom. The maximum Gasteiger partial charge on any atom is 0.333 e. The van der Waals surface area contributed by atoms with Crippen LogP contribution in [-0.4, -0.2) is 38.7 Å². The number of halogens is 3. The average molecular weight is 395 g/mol. The van der Waals surface area contributed by atoms with Crippen molar-refractivity contribution in [2.45, 2.75) is 25.7 Å². The van der Waals surface area contributed by atoms with Crippen molar-refractivity contribution in [2.75, 3.05) is 12.0 Å². The highest BCUT2D eigenvalue weighted by molar-refractivity contribution is 7.19. The second-order valence-corrected chi connectivity index (χ2v) is 7.11. The van der Waals surface area contributed by atoms with Gasteiger partial charge in [-0.1, -0.05) is 11.3 Å². The summed E-state index contributed by atoms with van der Waals surface area (Å²) in [5.41, 5.74) is -0.822. The minimum absolute atomic E-state index is 0.0331. The molecule has 6 nitrogen and oxygen atoms in total. The molecular formula is C17H16F3N5OS. The molecule has 1 atom stereocenters. The van der Waals surface area contributed by atoms with Gasteiger partial charge in [0.1, 0.15) is 13.0 Å². The number of amides is 1. The second-order valence-electron chi connectivity index (χ2n) is 6.12. The van der Waals surface area contributed by atoms with Gasteiger partial charge in [-0.25, -0.2) is 27.9 Å². The first-order valence-electron chi connectivity index (χ1n) is 7.93. The van der Waals surface area contributed by atoms with Gasteiger partial charge in [-0.15, -0.1) is 0 Å². The molecule has 0 saturated heterocycles. The van der Waals surface area contributed by atoms with Gasteiger partial charge >= 0.3 is 6.03 Å². The monoisotopic (exact) mass is 395 g/mol. The minimum Gasteiger partial charge on any atom is -0.283 e. The molecule has 27 heavy (non-hydrogen) atoms. The molecule has 0 aliphatic carbocycles. The van der Waals surface area contributed by atoms with Crippen molar-refractivity contribution in [3.8, 4) is 10.4 Å². The van der Waals surface area contributed by atoms with E-state index in [-0.39, 0.29) is 5.69 Å². The van der Waals surface area contributed by atoms with Gasteiger partial charge in [-0.05, 0) is 31.5 Å². The summed E-state index contributed by atoms with van der Waals surface area (Å²) in [5.74, 6) is 0. The van der Waals surface area contributed by atoms with Crippen molar-refractivity contribution in [3.05, 3.63) is 48.4 Å². The lowest BCUT2D eigenvalue weighted by Gasteiger charge is -2.24. The molecule has 142 valence electrons. The molecule has 3 aromatic heterocycles. The first-order valence-corrected chi connectivity index (χ1v) is 8.74. The molecule has 0 aliphatic rings. The highest BCUT2D eigenvalue weighted by atomic mass is 32.1. The van der Waals surface area contributed by atoms with Crippen LogP contribution < -0.4 is 5.32 Å². The number of nitrogens with zero attached hydrogens (tertiary/aromatic N) is 4. The lowest BCUT2D eigenvalue weighted by atomic mass is 9.87. The molecule has 0 bridgehead atoms. The van der Waals surface area contributed by atoms with E-state index >= 15 is 0 Å². The third kappa shape index (κ3) is 3.70. The smallest absolute Gasteiger partial charge is 0.283 e. The Hall–Kier alpha value is -2.75. The molecule has 0 fully saturated rings. The summed E-state index contributed by atoms with van der Waals surface area (Å²) in [6, 6.07) is 2.65. The largest absolute Gasteiger partial charge is 0.333 e. The standard InChI is InChI=1S/C17H16F3N5OS/c1-10-13(27-15(23-10)24-16(26)25-6-5-21-9-25)11-3-4-22-12(7-11)17(2,8-18)14(19)20/h3-7,9,14H,8H2,1-2H3,(H,23,24,26). The number of carbonyl (C=O) groups is 1. The van der Waals surface area contributed by atoms with Crippen LogP contribution in [0, 0.1) is 6.92 Å². The number of hydrogen-bond acceptors (Lipinski definition) is 5. The fraction of sp³-hybridized carbons (Fsp3) is 0.294. The zero-order chi connectivity index (χ0) is 19.6. The molecular weight excluding hydrogens is 379 g/mol. The predicted molar refractivity (Wildman–Crippen MR) is 96.1 cm³/mol. The summed E-state index contributed by atoms with van der Waals surface area (Å²) in [7, 11) is 0. The number of rotatable bonds is 5. The molecule has 1 N–H and O–H groups in total. The number of aryl methyl sites for hydroxylation is 1. The van der Waals surface area contributed by atoms with E-state index in [1.165, 1.54) is 46.9 Å². The molecule has 3 heterocycles. The summed E-state index contributed by atoms with van der Waals surface area (Å²) in [5, 5.41) is 2.99. The van der Waals surface area contributed by atoms with Crippen LogP contribution in [0.4, 0.5) is 23.1 Å². The van der Waals surface area contributed by atoms with Crippen molar-refractivity contribution in [1.82, 2.24) is 19.5 Å². The van der Waals surface area contributed by atoms with E-state index < -0.39 is 24.5 Å². The van der Waals surface area contributed by atoms with E-state index in [0.717, 1.165) is 6.92 Å². The van der Waals surface area contributed by atoms with Crippen molar-refractivity contribution in [1.29, 1.82) is 0 Å². The normalized spacial score (nSPS) is 13.6. The third-order valence-corrected chi connectivity index (χ3v) is 5.24. The average Bonchev–Trinajstić information content (AvgIpc) is 3.31. The first-order chi connectivity index (χ1) is 12.8. The van der Waals surface area contributed by atoms with E-state index in [1.54, 1.807) is 13.0 Å². The molecule has 1 unspecified atom stereocenters. The van der Waals surface area contributed by atoms with Crippen LogP contribution in [0.5, 0.6) is 0 Å². The van der Waals surface area contributed by atoms with Gasteiger partial charge < -0.3 is 0 Å². The van der Waals surface area contributed by atoms with Gasteiger partial charge in [-0.3, -0.25) is 14.9 Å². The van der Waals surface area contributed by atoms with Gasteiger partial charge in [-0.2, -0.15) is 0 Å². The number of anilines is 1. The zero-order valence-corrected chi connectivity index (χ0v) is 15.3. The quantitative estimate of drug-likeness (QED) is 0.700. The summed E-state index contributed by atoms with van der Waals surface area (Å²) >= 11 is 1.19. The molecule has 10 heteroatoms. The maximum atomic E-state index is 13.3. The number of aromatic nitrogens is 4. The van der Waals surface area contributed by atoms with Gasteiger partial charge in [0.25, 0.3) is 6.43 Å². The Labute approximate surface area is 157 Å². The third-order valence-electron chi connectivity index (χ3n) is 4.12. The zero-order valence-electron chi connectivity index (χ0n) is 14.5. The maximum absolute atomic E-state index is 13.3. The Kier molecular flexibility index (Phi) is 5.26. The van der Waals surface area contributed by atoms with Gasteiger partial charge in [0, 0.05) is 18.6 Å². The fourth-order valence-corrected chi connectivity index (χ4v) is 3.33. The number of hydrogen-bond donors (Lipinski definition) is 1. The SMILES string of the molecule is Cc1nc(NC(=O)n2ccnc2)sc1-c1ccnc(C(C)(CF)C(F)F)c1. The predicted octanol–water partition coefficient (Wildman–Crippen LogP) is 4.28. The van der Waals surface area contributed by atoms with Crippen LogP contribution in [0.3, 0.4) is 0 Å². The minimum atomic E-state index is -2.89. The number of alkyl halides is 3. The molecule has 0 spiro atoms. The van der Waals surface area contributed by atoms with E-state index in [0.29, 0.717) is 21.3 Å². The van der Waals surface area contributed by atoms with Crippen LogP contribution in [0.2, 0.25) is 0 Å². The van der Waals surface area contributed by atoms with Crippen LogP contribution >= 0.6 is 11.3 Å². The molecule has 0 aromatic carbocycles. The van der Waals surface area contributed by atoms with E-state index in [4.69, 9.17) is 0 Å². The molecule has 3 rings (SSSR count). The number of thiazole rings is 1. The van der Waals surface area contributed by atoms with Crippen molar-refractivity contribution >= 4 is 22.5 Å². The van der Waals surface area contributed by atoms with E-state index in [9.17, 15) is 18.0 Å². The number of carbonyl (C=O) groups excluding carboxylic acids is 1. The summed E-state index contributed by atoms with van der Waals surface area (Å²) in [4.78, 5) is 24.8. The van der Waals surface area contributed by atoms with Crippen LogP contribution in [0.15, 0.2) is 37.1 Å². The first kappa shape index (κ1) is 19.0. The lowest BCUT2D eigenvalue weighted by molar-refractivity contribution is 0.0415. The number of nitrogens with one attached hydrogen (secondary N) is 1. The van der Waals surface area contributed by atoms with Crippen molar-refractivity contribution in [3.63, 3.8) is 0 Å². The molecule has 0 saturated carbocycles. The Morgan fingerprint density at radius 3 is 2.81 bits per heavy atom. The summed E-state index contributed by atoms with van der Waals surface area (Å²) in [6.45, 7) is 1.65. The molecule has 1 amide bonds. The number of imidazole rings is 1. The highest BCUT2D eigenvalue weighted by Crippen LogP contribution is 2.36. The van der Waals surface area contributed by atoms with Crippen molar-refractivity contribution < 1.29 is 18.0 Å². The lowest BCUT2D eigenvalue weighted by Crippen LogP contribution is -2.34. The summed E-state index contributed by atoms with van der Waals surface area (Å²) in [6.07, 6.45) is 2.80. The number of pyridine rings is 1. The van der Waals surface area contributed by atoms with E-state index in [1.807, 2.05) is 0 Å². The topological polar surface area (TPSA) is 72.7 Å². The van der Waals surface area contributed by atoms with E-state index in [2.05, 4.69) is 20.3 Å². The van der Waals surface area contributed by atoms with Gasteiger partial charge in [0.15, 0.2) is 5.13 Å². The van der Waals surface area contributed by atoms with Gasteiger partial charge in [0.05, 0.1) is 21.7 Å².